The Morgan fingerprint density at radius 2 is 1.85 bits per heavy atom. The number of aryl methyl sites for hydroxylation is 1. The number of benzene rings is 1. The van der Waals surface area contributed by atoms with E-state index in [0.29, 0.717) is 18.4 Å². The molecule has 6 heteroatoms. The highest BCUT2D eigenvalue weighted by Crippen LogP contribution is 2.34. The monoisotopic (exact) mass is 289 g/mol. The van der Waals surface area contributed by atoms with Crippen molar-refractivity contribution in [3.63, 3.8) is 0 Å². The van der Waals surface area contributed by atoms with Crippen LogP contribution in [0.2, 0.25) is 0 Å². The number of hydrogen-bond acceptors (Lipinski definition) is 1. The van der Waals surface area contributed by atoms with E-state index in [-0.39, 0.29) is 12.6 Å². The first-order valence-electron chi connectivity index (χ1n) is 6.35. The number of alkyl halides is 4. The highest BCUT2D eigenvalue weighted by molar-refractivity contribution is 5.84. The Hall–Kier alpha value is -1.59. The van der Waals surface area contributed by atoms with Crippen molar-refractivity contribution in [2.24, 2.45) is 0 Å². The summed E-state index contributed by atoms with van der Waals surface area (Å²) in [5.74, 6) is -6.40. The highest BCUT2D eigenvalue weighted by atomic mass is 19.3. The molecule has 0 spiro atoms. The molecule has 2 nitrogen and oxygen atoms in total. The lowest BCUT2D eigenvalue weighted by molar-refractivity contribution is -0.181. The zero-order valence-electron chi connectivity index (χ0n) is 11.0. The van der Waals surface area contributed by atoms with Crippen molar-refractivity contribution in [1.82, 2.24) is 4.90 Å². The van der Waals surface area contributed by atoms with Crippen LogP contribution in [0.25, 0.3) is 0 Å². The molecule has 0 N–H and O–H groups in total. The first-order chi connectivity index (χ1) is 9.32. The Morgan fingerprint density at radius 1 is 1.30 bits per heavy atom. The van der Waals surface area contributed by atoms with Crippen molar-refractivity contribution in [2.75, 3.05) is 0 Å². The summed E-state index contributed by atoms with van der Waals surface area (Å²) < 4.78 is 51.0. The van der Waals surface area contributed by atoms with Crippen LogP contribution in [0.3, 0.4) is 0 Å². The smallest absolute Gasteiger partial charge is 0.330 e. The predicted octanol–water partition coefficient (Wildman–Crippen LogP) is 3.39. The standard InChI is InChI=1S/C14H15F4NO/c1-9-2-4-10(5-3-9)8-19(11-6-7-11)13(20)14(17,18)12(15)16/h2-5,11-12H,6-8H2,1H3. The average Bonchev–Trinajstić information content (AvgIpc) is 3.21. The number of halogens is 4. The number of carbonyl (C=O) groups is 1. The Bertz CT molecular complexity index is 482. The second-order valence-corrected chi connectivity index (χ2v) is 5.07. The fourth-order valence-corrected chi connectivity index (χ4v) is 1.93. The Morgan fingerprint density at radius 3 is 2.30 bits per heavy atom. The average molecular weight is 289 g/mol. The first-order valence-corrected chi connectivity index (χ1v) is 6.35. The Balaban J connectivity index is 2.15. The van der Waals surface area contributed by atoms with Crippen LogP contribution in [0.15, 0.2) is 24.3 Å². The fourth-order valence-electron chi connectivity index (χ4n) is 1.93. The first kappa shape index (κ1) is 14.8. The lowest BCUT2D eigenvalue weighted by Gasteiger charge is -2.26. The molecule has 0 heterocycles. The quantitative estimate of drug-likeness (QED) is 0.761. The van der Waals surface area contributed by atoms with E-state index < -0.39 is 18.3 Å². The molecule has 1 fully saturated rings. The van der Waals surface area contributed by atoms with Crippen LogP contribution in [-0.4, -0.2) is 29.2 Å². The van der Waals surface area contributed by atoms with Gasteiger partial charge in [-0.3, -0.25) is 4.79 Å². The molecule has 0 atom stereocenters. The lowest BCUT2D eigenvalue weighted by Crippen LogP contribution is -2.48. The molecular formula is C14H15F4NO. The van der Waals surface area contributed by atoms with Crippen LogP contribution in [0.5, 0.6) is 0 Å². The molecule has 0 aliphatic heterocycles. The van der Waals surface area contributed by atoms with Gasteiger partial charge in [0.05, 0.1) is 0 Å². The van der Waals surface area contributed by atoms with Gasteiger partial charge in [0.25, 0.3) is 5.91 Å². The largest absolute Gasteiger partial charge is 0.383 e. The van der Waals surface area contributed by atoms with E-state index in [4.69, 9.17) is 0 Å². The number of hydrogen-bond donors (Lipinski definition) is 0. The van der Waals surface area contributed by atoms with Gasteiger partial charge in [0.15, 0.2) is 0 Å². The third-order valence-corrected chi connectivity index (χ3v) is 3.28. The van der Waals surface area contributed by atoms with Gasteiger partial charge >= 0.3 is 12.3 Å². The zero-order valence-corrected chi connectivity index (χ0v) is 11.0. The van der Waals surface area contributed by atoms with E-state index in [2.05, 4.69) is 0 Å². The molecule has 0 saturated heterocycles. The second-order valence-electron chi connectivity index (χ2n) is 5.07. The molecule has 20 heavy (non-hydrogen) atoms. The van der Waals surface area contributed by atoms with E-state index in [1.165, 1.54) is 0 Å². The minimum atomic E-state index is -4.62. The van der Waals surface area contributed by atoms with Crippen LogP contribution in [0.1, 0.15) is 24.0 Å². The summed E-state index contributed by atoms with van der Waals surface area (Å²) in [4.78, 5) is 12.5. The van der Waals surface area contributed by atoms with Gasteiger partial charge in [-0.05, 0) is 25.3 Å². The van der Waals surface area contributed by atoms with Crippen molar-refractivity contribution >= 4 is 5.91 Å². The topological polar surface area (TPSA) is 20.3 Å². The molecule has 0 aromatic heterocycles. The fraction of sp³-hybridized carbons (Fsp3) is 0.500. The van der Waals surface area contributed by atoms with E-state index >= 15 is 0 Å². The molecule has 1 aromatic rings. The molecule has 0 bridgehead atoms. The molecule has 1 aliphatic rings. The predicted molar refractivity (Wildman–Crippen MR) is 65.7 cm³/mol. The summed E-state index contributed by atoms with van der Waals surface area (Å²) in [6.45, 7) is 1.81. The highest BCUT2D eigenvalue weighted by Gasteiger charge is 2.53. The molecule has 0 unspecified atom stereocenters. The number of carbonyl (C=O) groups excluding carboxylic acids is 1. The van der Waals surface area contributed by atoms with Crippen LogP contribution in [0, 0.1) is 6.92 Å². The summed E-state index contributed by atoms with van der Waals surface area (Å²) in [6, 6.07) is 6.64. The van der Waals surface area contributed by atoms with E-state index in [9.17, 15) is 22.4 Å². The maximum absolute atomic E-state index is 13.2. The summed E-state index contributed by atoms with van der Waals surface area (Å²) in [5, 5.41) is 0. The summed E-state index contributed by atoms with van der Waals surface area (Å²) in [5.41, 5.74) is 1.65. The molecule has 2 rings (SSSR count). The van der Waals surface area contributed by atoms with Gasteiger partial charge in [-0.1, -0.05) is 29.8 Å². The second kappa shape index (κ2) is 5.42. The minimum Gasteiger partial charge on any atom is -0.330 e. The van der Waals surface area contributed by atoms with Crippen LogP contribution in [-0.2, 0) is 11.3 Å². The minimum absolute atomic E-state index is 0.0634. The van der Waals surface area contributed by atoms with Crippen LogP contribution >= 0.6 is 0 Å². The van der Waals surface area contributed by atoms with Crippen molar-refractivity contribution in [3.8, 4) is 0 Å². The third-order valence-electron chi connectivity index (χ3n) is 3.28. The Kier molecular flexibility index (Phi) is 4.01. The molecule has 1 aliphatic carbocycles. The number of rotatable bonds is 5. The number of nitrogens with zero attached hydrogens (tertiary/aromatic N) is 1. The SMILES string of the molecule is Cc1ccc(CN(C(=O)C(F)(F)C(F)F)C2CC2)cc1. The number of amides is 1. The molecule has 1 amide bonds. The van der Waals surface area contributed by atoms with Gasteiger partial charge in [-0.2, -0.15) is 8.78 Å². The molecule has 1 aromatic carbocycles. The zero-order chi connectivity index (χ0) is 14.9. The summed E-state index contributed by atoms with van der Waals surface area (Å²) in [7, 11) is 0. The summed E-state index contributed by atoms with van der Waals surface area (Å²) in [6.07, 6.45) is -2.82. The van der Waals surface area contributed by atoms with Gasteiger partial charge in [0.1, 0.15) is 0 Å². The van der Waals surface area contributed by atoms with E-state index in [1.807, 2.05) is 6.92 Å². The third kappa shape index (κ3) is 3.11. The van der Waals surface area contributed by atoms with Crippen LogP contribution in [0.4, 0.5) is 17.6 Å². The van der Waals surface area contributed by atoms with Gasteiger partial charge in [-0.25, -0.2) is 8.78 Å². The molecular weight excluding hydrogens is 274 g/mol. The van der Waals surface area contributed by atoms with Gasteiger partial charge in [-0.15, -0.1) is 0 Å². The van der Waals surface area contributed by atoms with Crippen molar-refractivity contribution in [1.29, 1.82) is 0 Å². The Labute approximate surface area is 114 Å². The van der Waals surface area contributed by atoms with Crippen molar-refractivity contribution in [3.05, 3.63) is 35.4 Å². The normalized spacial score (nSPS) is 15.5. The molecule has 0 radical (unpaired) electrons. The molecule has 110 valence electrons. The van der Waals surface area contributed by atoms with E-state index in [1.54, 1.807) is 24.3 Å². The maximum Gasteiger partial charge on any atom is 0.383 e. The summed E-state index contributed by atoms with van der Waals surface area (Å²) >= 11 is 0. The van der Waals surface area contributed by atoms with Crippen molar-refractivity contribution < 1.29 is 22.4 Å². The lowest BCUT2D eigenvalue weighted by atomic mass is 10.1. The van der Waals surface area contributed by atoms with Gasteiger partial charge in [0, 0.05) is 12.6 Å². The van der Waals surface area contributed by atoms with Gasteiger partial charge in [0.2, 0.25) is 0 Å². The van der Waals surface area contributed by atoms with Crippen molar-refractivity contribution in [2.45, 2.75) is 44.7 Å². The van der Waals surface area contributed by atoms with E-state index in [0.717, 1.165) is 10.5 Å². The van der Waals surface area contributed by atoms with Crippen LogP contribution < -0.4 is 0 Å². The molecule has 1 saturated carbocycles. The maximum atomic E-state index is 13.2. The van der Waals surface area contributed by atoms with Gasteiger partial charge < -0.3 is 4.90 Å².